The number of carbonyl (C=O) groups is 1. The number of imidazole rings is 1. The van der Waals surface area contributed by atoms with Crippen molar-refractivity contribution < 1.29 is 4.79 Å². The summed E-state index contributed by atoms with van der Waals surface area (Å²) in [5.41, 5.74) is -0.00305. The summed E-state index contributed by atoms with van der Waals surface area (Å²) in [5, 5.41) is 0. The number of nitrogens with zero attached hydrogens (tertiary/aromatic N) is 5. The summed E-state index contributed by atoms with van der Waals surface area (Å²) in [6.07, 6.45) is 2.51. The minimum atomic E-state index is -0.365. The minimum Gasteiger partial charge on any atom is -0.304 e. The van der Waals surface area contributed by atoms with Crippen LogP contribution in [0.4, 0.5) is 5.95 Å². The van der Waals surface area contributed by atoms with Gasteiger partial charge in [0, 0.05) is 26.2 Å². The number of unbranched alkanes of at least 4 members (excludes halogenated alkanes) is 1. The molecule has 0 aliphatic carbocycles. The molecule has 0 atom stereocenters. The summed E-state index contributed by atoms with van der Waals surface area (Å²) in [4.78, 5) is 42.7. The lowest BCUT2D eigenvalue weighted by Gasteiger charge is -2.16. The van der Waals surface area contributed by atoms with Crippen molar-refractivity contribution in [2.45, 2.75) is 60.2 Å². The lowest BCUT2D eigenvalue weighted by molar-refractivity contribution is -0.107. The van der Waals surface area contributed by atoms with Crippen LogP contribution in [0.1, 0.15) is 40.5 Å². The average Bonchev–Trinajstić information content (AvgIpc) is 2.96. The number of aryl methyl sites for hydroxylation is 2. The monoisotopic (exact) mass is 335 g/mol. The van der Waals surface area contributed by atoms with Gasteiger partial charge in [-0.25, -0.2) is 4.79 Å². The van der Waals surface area contributed by atoms with Crippen LogP contribution in [0.15, 0.2) is 9.59 Å². The number of anilines is 1. The zero-order valence-corrected chi connectivity index (χ0v) is 14.8. The first-order valence-electron chi connectivity index (χ1n) is 8.51. The van der Waals surface area contributed by atoms with E-state index in [1.54, 1.807) is 11.5 Å². The fraction of sp³-hybridized carbons (Fsp3) is 0.625. The zero-order valence-electron chi connectivity index (χ0n) is 14.8. The molecular formula is C16H25N5O3. The molecular weight excluding hydrogens is 310 g/mol. The molecule has 0 aliphatic heterocycles. The third-order valence-corrected chi connectivity index (χ3v) is 4.18. The molecule has 0 aliphatic rings. The first-order chi connectivity index (χ1) is 11.5. The highest BCUT2D eigenvalue weighted by molar-refractivity contribution is 5.80. The summed E-state index contributed by atoms with van der Waals surface area (Å²) < 4.78 is 4.42. The van der Waals surface area contributed by atoms with Gasteiger partial charge in [0.1, 0.15) is 0 Å². The highest BCUT2D eigenvalue weighted by atomic mass is 16.2. The Morgan fingerprint density at radius 2 is 1.62 bits per heavy atom. The molecule has 0 fully saturated rings. The SMILES string of the molecule is CCCCN(C=O)c1nc2c(c(=O)n(CC)c(=O)n2CC)n1CC. The van der Waals surface area contributed by atoms with Crippen molar-refractivity contribution in [3.05, 3.63) is 20.8 Å². The van der Waals surface area contributed by atoms with Crippen molar-refractivity contribution in [1.29, 1.82) is 0 Å². The summed E-state index contributed by atoms with van der Waals surface area (Å²) in [7, 11) is 0. The molecule has 0 saturated carbocycles. The second kappa shape index (κ2) is 7.46. The molecule has 8 heteroatoms. The lowest BCUT2D eigenvalue weighted by Crippen LogP contribution is -2.40. The van der Waals surface area contributed by atoms with Crippen LogP contribution in [0, 0.1) is 0 Å². The van der Waals surface area contributed by atoms with Crippen LogP contribution in [0.5, 0.6) is 0 Å². The van der Waals surface area contributed by atoms with Crippen LogP contribution in [0.25, 0.3) is 11.2 Å². The molecule has 2 heterocycles. The molecule has 2 aromatic heterocycles. The van der Waals surface area contributed by atoms with Crippen molar-refractivity contribution in [2.75, 3.05) is 11.4 Å². The Labute approximate surface area is 140 Å². The maximum Gasteiger partial charge on any atom is 0.332 e. The van der Waals surface area contributed by atoms with E-state index in [0.29, 0.717) is 43.3 Å². The van der Waals surface area contributed by atoms with Crippen LogP contribution in [0.2, 0.25) is 0 Å². The maximum atomic E-state index is 12.7. The Balaban J connectivity index is 2.85. The lowest BCUT2D eigenvalue weighted by atomic mass is 10.3. The van der Waals surface area contributed by atoms with E-state index in [9.17, 15) is 14.4 Å². The first kappa shape index (κ1) is 18.0. The van der Waals surface area contributed by atoms with Crippen LogP contribution in [-0.2, 0) is 24.4 Å². The van der Waals surface area contributed by atoms with Gasteiger partial charge in [0.25, 0.3) is 5.56 Å². The predicted molar refractivity (Wildman–Crippen MR) is 93.6 cm³/mol. The van der Waals surface area contributed by atoms with E-state index >= 15 is 0 Å². The largest absolute Gasteiger partial charge is 0.332 e. The van der Waals surface area contributed by atoms with Gasteiger partial charge in [-0.1, -0.05) is 13.3 Å². The van der Waals surface area contributed by atoms with E-state index in [4.69, 9.17) is 0 Å². The van der Waals surface area contributed by atoms with Crippen molar-refractivity contribution in [3.63, 3.8) is 0 Å². The van der Waals surface area contributed by atoms with Crippen LogP contribution in [0.3, 0.4) is 0 Å². The van der Waals surface area contributed by atoms with Crippen LogP contribution < -0.4 is 16.1 Å². The zero-order chi connectivity index (χ0) is 17.9. The van der Waals surface area contributed by atoms with Gasteiger partial charge in [0.2, 0.25) is 12.4 Å². The van der Waals surface area contributed by atoms with Gasteiger partial charge < -0.3 is 4.57 Å². The van der Waals surface area contributed by atoms with Gasteiger partial charge in [-0.05, 0) is 27.2 Å². The van der Waals surface area contributed by atoms with Gasteiger partial charge >= 0.3 is 5.69 Å². The normalized spacial score (nSPS) is 11.2. The molecule has 0 radical (unpaired) electrons. The van der Waals surface area contributed by atoms with E-state index in [0.717, 1.165) is 19.3 Å². The molecule has 0 spiro atoms. The molecule has 2 aromatic rings. The Kier molecular flexibility index (Phi) is 5.58. The van der Waals surface area contributed by atoms with Crippen LogP contribution >= 0.6 is 0 Å². The fourth-order valence-electron chi connectivity index (χ4n) is 2.89. The second-order valence-corrected chi connectivity index (χ2v) is 5.56. The van der Waals surface area contributed by atoms with Gasteiger partial charge in [-0.3, -0.25) is 23.6 Å². The van der Waals surface area contributed by atoms with Gasteiger partial charge in [0.05, 0.1) is 0 Å². The summed E-state index contributed by atoms with van der Waals surface area (Å²) in [6.45, 7) is 9.26. The number of hydrogen-bond donors (Lipinski definition) is 0. The van der Waals surface area contributed by atoms with Gasteiger partial charge in [-0.2, -0.15) is 4.98 Å². The molecule has 1 amide bonds. The summed E-state index contributed by atoms with van der Waals surface area (Å²) in [6, 6.07) is 0. The number of amides is 1. The molecule has 24 heavy (non-hydrogen) atoms. The molecule has 8 nitrogen and oxygen atoms in total. The van der Waals surface area contributed by atoms with E-state index < -0.39 is 0 Å². The van der Waals surface area contributed by atoms with Crippen molar-refractivity contribution in [1.82, 2.24) is 18.7 Å². The molecule has 2 rings (SSSR count). The summed E-state index contributed by atoms with van der Waals surface area (Å²) >= 11 is 0. The Bertz CT molecular complexity index is 846. The van der Waals surface area contributed by atoms with E-state index in [-0.39, 0.29) is 11.2 Å². The van der Waals surface area contributed by atoms with E-state index in [1.165, 1.54) is 14.0 Å². The molecule has 0 aromatic carbocycles. The molecule has 0 N–H and O–H groups in total. The predicted octanol–water partition coefficient (Wildman–Crippen LogP) is 1.18. The Morgan fingerprint density at radius 1 is 1.00 bits per heavy atom. The summed E-state index contributed by atoms with van der Waals surface area (Å²) in [5.74, 6) is 0.420. The maximum absolute atomic E-state index is 12.7. The third-order valence-electron chi connectivity index (χ3n) is 4.18. The first-order valence-corrected chi connectivity index (χ1v) is 8.51. The molecule has 132 valence electrons. The minimum absolute atomic E-state index is 0.297. The van der Waals surface area contributed by atoms with E-state index in [1.807, 2.05) is 20.8 Å². The van der Waals surface area contributed by atoms with Gasteiger partial charge in [-0.15, -0.1) is 0 Å². The molecule has 0 unspecified atom stereocenters. The second-order valence-electron chi connectivity index (χ2n) is 5.56. The number of carbonyl (C=O) groups excluding carboxylic acids is 1. The highest BCUT2D eigenvalue weighted by Crippen LogP contribution is 2.19. The van der Waals surface area contributed by atoms with Crippen molar-refractivity contribution in [3.8, 4) is 0 Å². The fourth-order valence-corrected chi connectivity index (χ4v) is 2.89. The van der Waals surface area contributed by atoms with Crippen molar-refractivity contribution >= 4 is 23.5 Å². The topological polar surface area (TPSA) is 82.1 Å². The molecule has 0 saturated heterocycles. The third kappa shape index (κ3) is 2.76. The highest BCUT2D eigenvalue weighted by Gasteiger charge is 2.22. The van der Waals surface area contributed by atoms with Crippen molar-refractivity contribution in [2.24, 2.45) is 0 Å². The van der Waals surface area contributed by atoms with E-state index in [2.05, 4.69) is 4.98 Å². The number of fused-ring (bicyclic) bond motifs is 1. The van der Waals surface area contributed by atoms with Gasteiger partial charge in [0.15, 0.2) is 11.2 Å². The number of aromatic nitrogens is 4. The Morgan fingerprint density at radius 3 is 2.12 bits per heavy atom. The van der Waals surface area contributed by atoms with Crippen LogP contribution in [-0.4, -0.2) is 31.6 Å². The smallest absolute Gasteiger partial charge is 0.304 e. The number of rotatable bonds is 8. The number of hydrogen-bond acceptors (Lipinski definition) is 4. The average molecular weight is 335 g/mol. The quantitative estimate of drug-likeness (QED) is 0.678. The molecule has 0 bridgehead atoms. The Hall–Kier alpha value is -2.38. The standard InChI is InChI=1S/C16H25N5O3/c1-5-9-10-18(11-22)15-17-13-12(19(15)6-2)14(23)21(8-4)16(24)20(13)7-3/h11H,5-10H2,1-4H3.